The summed E-state index contributed by atoms with van der Waals surface area (Å²) in [5, 5.41) is 0. The molecule has 0 spiro atoms. The first-order valence-corrected chi connectivity index (χ1v) is 6.30. The van der Waals surface area contributed by atoms with Crippen molar-refractivity contribution < 1.29 is 4.79 Å². The van der Waals surface area contributed by atoms with E-state index < -0.39 is 0 Å². The zero-order chi connectivity index (χ0) is 13.2. The second kappa shape index (κ2) is 4.72. The fourth-order valence-corrected chi connectivity index (χ4v) is 2.42. The van der Waals surface area contributed by atoms with Crippen LogP contribution in [0.5, 0.6) is 0 Å². The minimum Gasteiger partial charge on any atom is -0.399 e. The Morgan fingerprint density at radius 3 is 2.74 bits per heavy atom. The molecule has 4 nitrogen and oxygen atoms in total. The Bertz CT molecular complexity index is 610. The van der Waals surface area contributed by atoms with Crippen molar-refractivity contribution in [3.8, 4) is 0 Å². The maximum Gasteiger partial charge on any atom is 0.254 e. The van der Waals surface area contributed by atoms with Gasteiger partial charge >= 0.3 is 0 Å². The molecular weight excluding hydrogens is 238 g/mol. The molecule has 2 aromatic rings. The minimum absolute atomic E-state index is 0.0601. The highest BCUT2D eigenvalue weighted by Crippen LogP contribution is 2.22. The van der Waals surface area contributed by atoms with Crippen LogP contribution < -0.4 is 5.73 Å². The summed E-state index contributed by atoms with van der Waals surface area (Å²) in [6.45, 7) is 1.38. The van der Waals surface area contributed by atoms with Crippen molar-refractivity contribution in [3.63, 3.8) is 0 Å². The molecule has 1 aliphatic rings. The van der Waals surface area contributed by atoms with Gasteiger partial charge in [-0.15, -0.1) is 0 Å². The van der Waals surface area contributed by atoms with Crippen molar-refractivity contribution in [3.05, 3.63) is 59.4 Å². The van der Waals surface area contributed by atoms with Gasteiger partial charge in [0, 0.05) is 36.7 Å². The molecule has 96 valence electrons. The highest BCUT2D eigenvalue weighted by Gasteiger charge is 2.21. The average Bonchev–Trinajstić information content (AvgIpc) is 2.47. The van der Waals surface area contributed by atoms with E-state index in [1.54, 1.807) is 24.5 Å². The number of fused-ring (bicyclic) bond motifs is 1. The molecule has 1 aromatic heterocycles. The quantitative estimate of drug-likeness (QED) is 0.789. The van der Waals surface area contributed by atoms with Gasteiger partial charge in [0.25, 0.3) is 5.91 Å². The lowest BCUT2D eigenvalue weighted by Crippen LogP contribution is -2.35. The maximum absolute atomic E-state index is 12.3. The van der Waals surface area contributed by atoms with Crippen molar-refractivity contribution in [2.24, 2.45) is 0 Å². The number of aromatic nitrogens is 1. The van der Waals surface area contributed by atoms with E-state index in [2.05, 4.69) is 4.98 Å². The number of carbonyl (C=O) groups excluding carboxylic acids is 1. The number of anilines is 1. The second-order valence-electron chi connectivity index (χ2n) is 4.74. The molecule has 0 aliphatic carbocycles. The van der Waals surface area contributed by atoms with Crippen LogP contribution in [0.25, 0.3) is 0 Å². The molecule has 2 heterocycles. The first-order chi connectivity index (χ1) is 9.24. The molecule has 0 atom stereocenters. The number of hydrogen-bond acceptors (Lipinski definition) is 3. The summed E-state index contributed by atoms with van der Waals surface area (Å²) < 4.78 is 0. The van der Waals surface area contributed by atoms with Gasteiger partial charge in [0.2, 0.25) is 0 Å². The first kappa shape index (κ1) is 11.7. The van der Waals surface area contributed by atoms with Crippen molar-refractivity contribution in [1.82, 2.24) is 9.88 Å². The third-order valence-corrected chi connectivity index (χ3v) is 3.46. The molecule has 1 aromatic carbocycles. The van der Waals surface area contributed by atoms with Gasteiger partial charge in [-0.1, -0.05) is 6.07 Å². The Morgan fingerprint density at radius 1 is 1.16 bits per heavy atom. The largest absolute Gasteiger partial charge is 0.399 e. The van der Waals surface area contributed by atoms with E-state index in [0.717, 1.165) is 18.7 Å². The number of nitrogen functional groups attached to an aromatic ring is 1. The van der Waals surface area contributed by atoms with Crippen LogP contribution in [0.4, 0.5) is 5.69 Å². The lowest BCUT2D eigenvalue weighted by molar-refractivity contribution is 0.0734. The number of carbonyl (C=O) groups is 1. The number of nitrogens with zero attached hydrogens (tertiary/aromatic N) is 2. The standard InChI is InChI=1S/C15H15N3O/c16-14-2-1-13-10-18(8-5-12(13)9-14)15(19)11-3-6-17-7-4-11/h1-4,6-7,9H,5,8,10,16H2. The Kier molecular flexibility index (Phi) is 2.91. The molecule has 0 unspecified atom stereocenters. The van der Waals surface area contributed by atoms with Crippen molar-refractivity contribution in [2.75, 3.05) is 12.3 Å². The molecular formula is C15H15N3O. The van der Waals surface area contributed by atoms with Crippen LogP contribution in [0.1, 0.15) is 21.5 Å². The van der Waals surface area contributed by atoms with Gasteiger partial charge in [0.1, 0.15) is 0 Å². The molecule has 3 rings (SSSR count). The summed E-state index contributed by atoms with van der Waals surface area (Å²) >= 11 is 0. The Hall–Kier alpha value is -2.36. The number of hydrogen-bond donors (Lipinski definition) is 1. The Morgan fingerprint density at radius 2 is 1.95 bits per heavy atom. The van der Waals surface area contributed by atoms with Crippen LogP contribution in [0.15, 0.2) is 42.7 Å². The smallest absolute Gasteiger partial charge is 0.254 e. The van der Waals surface area contributed by atoms with E-state index in [0.29, 0.717) is 12.1 Å². The summed E-state index contributed by atoms with van der Waals surface area (Å²) in [6.07, 6.45) is 4.15. The molecule has 4 heteroatoms. The highest BCUT2D eigenvalue weighted by atomic mass is 16.2. The molecule has 0 saturated carbocycles. The Balaban J connectivity index is 1.82. The lowest BCUT2D eigenvalue weighted by Gasteiger charge is -2.29. The summed E-state index contributed by atoms with van der Waals surface area (Å²) in [6, 6.07) is 9.40. The van der Waals surface area contributed by atoms with Gasteiger partial charge < -0.3 is 10.6 Å². The summed E-state index contributed by atoms with van der Waals surface area (Å²) in [5.41, 5.74) is 9.69. The molecule has 0 bridgehead atoms. The number of nitrogens with two attached hydrogens (primary N) is 1. The van der Waals surface area contributed by atoms with Gasteiger partial charge in [0.05, 0.1) is 0 Å². The third-order valence-electron chi connectivity index (χ3n) is 3.46. The topological polar surface area (TPSA) is 59.2 Å². The van der Waals surface area contributed by atoms with Crippen molar-refractivity contribution >= 4 is 11.6 Å². The van der Waals surface area contributed by atoms with Crippen LogP contribution in [0.2, 0.25) is 0 Å². The summed E-state index contributed by atoms with van der Waals surface area (Å²) in [4.78, 5) is 18.2. The lowest BCUT2D eigenvalue weighted by atomic mass is 9.98. The number of benzene rings is 1. The fraction of sp³-hybridized carbons (Fsp3) is 0.200. The second-order valence-corrected chi connectivity index (χ2v) is 4.74. The normalized spacial score (nSPS) is 14.0. The van der Waals surface area contributed by atoms with Crippen molar-refractivity contribution in [1.29, 1.82) is 0 Å². The molecule has 2 N–H and O–H groups in total. The molecule has 1 amide bonds. The predicted octanol–water partition coefficient (Wildman–Crippen LogP) is 1.86. The van der Waals surface area contributed by atoms with Crippen molar-refractivity contribution in [2.45, 2.75) is 13.0 Å². The monoisotopic (exact) mass is 253 g/mol. The van der Waals surface area contributed by atoms with E-state index in [1.807, 2.05) is 23.1 Å². The number of pyridine rings is 1. The van der Waals surface area contributed by atoms with Gasteiger partial charge in [-0.05, 0) is 41.8 Å². The van der Waals surface area contributed by atoms with Crippen LogP contribution in [0.3, 0.4) is 0 Å². The average molecular weight is 253 g/mol. The van der Waals surface area contributed by atoms with Crippen LogP contribution in [-0.4, -0.2) is 22.3 Å². The van der Waals surface area contributed by atoms with Gasteiger partial charge in [-0.2, -0.15) is 0 Å². The van der Waals surface area contributed by atoms with Gasteiger partial charge in [0.15, 0.2) is 0 Å². The minimum atomic E-state index is 0.0601. The van der Waals surface area contributed by atoms with E-state index in [4.69, 9.17) is 5.73 Å². The third kappa shape index (κ3) is 2.29. The molecule has 0 fully saturated rings. The number of amides is 1. The highest BCUT2D eigenvalue weighted by molar-refractivity contribution is 5.94. The van der Waals surface area contributed by atoms with E-state index in [9.17, 15) is 4.79 Å². The van der Waals surface area contributed by atoms with Crippen LogP contribution >= 0.6 is 0 Å². The van der Waals surface area contributed by atoms with E-state index in [1.165, 1.54) is 11.1 Å². The molecule has 1 aliphatic heterocycles. The van der Waals surface area contributed by atoms with Crippen LogP contribution in [0, 0.1) is 0 Å². The fourth-order valence-electron chi connectivity index (χ4n) is 2.42. The van der Waals surface area contributed by atoms with E-state index >= 15 is 0 Å². The van der Waals surface area contributed by atoms with Crippen LogP contribution in [-0.2, 0) is 13.0 Å². The predicted molar refractivity (Wildman–Crippen MR) is 73.5 cm³/mol. The zero-order valence-corrected chi connectivity index (χ0v) is 10.5. The van der Waals surface area contributed by atoms with Gasteiger partial charge in [-0.25, -0.2) is 0 Å². The first-order valence-electron chi connectivity index (χ1n) is 6.30. The van der Waals surface area contributed by atoms with Gasteiger partial charge in [-0.3, -0.25) is 9.78 Å². The SMILES string of the molecule is Nc1ccc2c(c1)CCN(C(=O)c1ccncc1)C2. The molecule has 0 saturated heterocycles. The zero-order valence-electron chi connectivity index (χ0n) is 10.5. The number of rotatable bonds is 1. The Labute approximate surface area is 111 Å². The van der Waals surface area contributed by atoms with E-state index in [-0.39, 0.29) is 5.91 Å². The summed E-state index contributed by atoms with van der Waals surface area (Å²) in [7, 11) is 0. The molecule has 0 radical (unpaired) electrons. The maximum atomic E-state index is 12.3. The summed E-state index contributed by atoms with van der Waals surface area (Å²) in [5.74, 6) is 0.0601. The molecule has 19 heavy (non-hydrogen) atoms.